The van der Waals surface area contributed by atoms with Gasteiger partial charge in [0.25, 0.3) is 0 Å². The van der Waals surface area contributed by atoms with Gasteiger partial charge in [-0.25, -0.2) is 17.9 Å². The zero-order valence-corrected chi connectivity index (χ0v) is 14.4. The van der Waals surface area contributed by atoms with E-state index in [4.69, 9.17) is 5.11 Å². The van der Waals surface area contributed by atoms with Crippen LogP contribution >= 0.6 is 0 Å². The predicted molar refractivity (Wildman–Crippen MR) is 89.3 cm³/mol. The number of nitrogens with one attached hydrogen (secondary N) is 1. The third-order valence-electron chi connectivity index (χ3n) is 3.98. The van der Waals surface area contributed by atoms with Crippen molar-refractivity contribution in [2.24, 2.45) is 0 Å². The van der Waals surface area contributed by atoms with Gasteiger partial charge in [0.15, 0.2) is 0 Å². The van der Waals surface area contributed by atoms with Crippen LogP contribution in [-0.4, -0.2) is 55.7 Å². The van der Waals surface area contributed by atoms with Crippen LogP contribution in [0.4, 0.5) is 0 Å². The number of aryl methyl sites for hydroxylation is 1. The number of likely N-dealkylation sites (tertiary alicyclic amines) is 1. The molecule has 1 atom stereocenters. The van der Waals surface area contributed by atoms with Crippen molar-refractivity contribution < 1.29 is 23.1 Å². The average molecular weight is 354 g/mol. The van der Waals surface area contributed by atoms with Gasteiger partial charge in [0.05, 0.1) is 11.8 Å². The molecule has 1 aliphatic rings. The van der Waals surface area contributed by atoms with E-state index in [0.29, 0.717) is 25.9 Å². The molecule has 0 unspecified atom stereocenters. The maximum absolute atomic E-state index is 12.3. The summed E-state index contributed by atoms with van der Waals surface area (Å²) in [6.45, 7) is 1.03. The number of aromatic carboxylic acids is 1. The number of nitrogens with zero attached hydrogens (tertiary/aromatic N) is 1. The van der Waals surface area contributed by atoms with Gasteiger partial charge in [-0.2, -0.15) is 0 Å². The lowest BCUT2D eigenvalue weighted by molar-refractivity contribution is -0.132. The van der Waals surface area contributed by atoms with Crippen LogP contribution in [0, 0.1) is 0 Å². The Balaban J connectivity index is 1.86. The van der Waals surface area contributed by atoms with Crippen LogP contribution in [0.2, 0.25) is 0 Å². The lowest BCUT2D eigenvalue weighted by Crippen LogP contribution is -2.49. The van der Waals surface area contributed by atoms with Gasteiger partial charge in [-0.15, -0.1) is 0 Å². The molecule has 7 nitrogen and oxygen atoms in total. The smallest absolute Gasteiger partial charge is 0.335 e. The third-order valence-corrected chi connectivity index (χ3v) is 4.74. The van der Waals surface area contributed by atoms with Crippen LogP contribution in [0.1, 0.15) is 35.2 Å². The lowest BCUT2D eigenvalue weighted by atomic mass is 10.0. The molecule has 1 amide bonds. The summed E-state index contributed by atoms with van der Waals surface area (Å²) in [5.74, 6) is -0.993. The first-order valence-corrected chi connectivity index (χ1v) is 9.71. The number of carboxylic acids is 1. The van der Waals surface area contributed by atoms with Crippen LogP contribution in [0.15, 0.2) is 24.3 Å². The largest absolute Gasteiger partial charge is 0.478 e. The molecule has 1 heterocycles. The topological polar surface area (TPSA) is 104 Å². The van der Waals surface area contributed by atoms with Crippen molar-refractivity contribution in [2.45, 2.75) is 31.7 Å². The van der Waals surface area contributed by atoms with Crippen molar-refractivity contribution in [2.75, 3.05) is 19.3 Å². The normalized spacial score (nSPS) is 18.4. The molecule has 1 aliphatic heterocycles. The summed E-state index contributed by atoms with van der Waals surface area (Å²) in [5, 5.41) is 8.86. The fraction of sp³-hybridized carbons (Fsp3) is 0.500. The third kappa shape index (κ3) is 5.61. The fourth-order valence-electron chi connectivity index (χ4n) is 2.83. The SMILES string of the molecule is CS(=O)(=O)N[C@H]1CCCN(C(=O)CCc2ccc(C(=O)O)cc2)C1. The van der Waals surface area contributed by atoms with Crippen molar-refractivity contribution in [1.82, 2.24) is 9.62 Å². The van der Waals surface area contributed by atoms with Crippen LogP contribution in [0.25, 0.3) is 0 Å². The summed E-state index contributed by atoms with van der Waals surface area (Å²) in [4.78, 5) is 24.8. The van der Waals surface area contributed by atoms with E-state index >= 15 is 0 Å². The Hall–Kier alpha value is -1.93. The number of hydrogen-bond donors (Lipinski definition) is 2. The fourth-order valence-corrected chi connectivity index (χ4v) is 3.62. The molecule has 0 aliphatic carbocycles. The Morgan fingerprint density at radius 2 is 1.96 bits per heavy atom. The first-order chi connectivity index (χ1) is 11.2. The monoisotopic (exact) mass is 354 g/mol. The molecule has 0 saturated carbocycles. The van der Waals surface area contributed by atoms with Gasteiger partial charge >= 0.3 is 5.97 Å². The van der Waals surface area contributed by atoms with E-state index in [1.807, 2.05) is 0 Å². The van der Waals surface area contributed by atoms with Gasteiger partial charge in [0, 0.05) is 25.6 Å². The molecule has 0 radical (unpaired) electrons. The average Bonchev–Trinajstić information content (AvgIpc) is 2.51. The molecular formula is C16H22N2O5S. The highest BCUT2D eigenvalue weighted by Crippen LogP contribution is 2.14. The number of piperidine rings is 1. The van der Waals surface area contributed by atoms with Crippen LogP contribution in [0.5, 0.6) is 0 Å². The second-order valence-corrected chi connectivity index (χ2v) is 7.85. The molecule has 1 fully saturated rings. The summed E-state index contributed by atoms with van der Waals surface area (Å²) in [7, 11) is -3.28. The first kappa shape index (κ1) is 18.4. The molecule has 0 bridgehead atoms. The minimum Gasteiger partial charge on any atom is -0.478 e. The van der Waals surface area contributed by atoms with Crippen molar-refractivity contribution in [3.63, 3.8) is 0 Å². The quantitative estimate of drug-likeness (QED) is 0.788. The molecule has 24 heavy (non-hydrogen) atoms. The highest BCUT2D eigenvalue weighted by molar-refractivity contribution is 7.88. The minimum atomic E-state index is -3.28. The van der Waals surface area contributed by atoms with E-state index < -0.39 is 16.0 Å². The minimum absolute atomic E-state index is 0.0164. The van der Waals surface area contributed by atoms with Crippen molar-refractivity contribution in [3.05, 3.63) is 35.4 Å². The zero-order valence-electron chi connectivity index (χ0n) is 13.6. The molecule has 1 saturated heterocycles. The number of benzene rings is 1. The Morgan fingerprint density at radius 1 is 1.29 bits per heavy atom. The first-order valence-electron chi connectivity index (χ1n) is 7.82. The molecule has 2 rings (SSSR count). The van der Waals surface area contributed by atoms with Crippen LogP contribution in [-0.2, 0) is 21.2 Å². The maximum Gasteiger partial charge on any atom is 0.335 e. The molecule has 0 spiro atoms. The van der Waals surface area contributed by atoms with E-state index in [0.717, 1.165) is 24.7 Å². The number of amides is 1. The van der Waals surface area contributed by atoms with Gasteiger partial charge < -0.3 is 10.0 Å². The van der Waals surface area contributed by atoms with E-state index in [1.165, 1.54) is 12.1 Å². The summed E-state index contributed by atoms with van der Waals surface area (Å²) in [6.07, 6.45) is 3.46. The molecule has 1 aromatic rings. The van der Waals surface area contributed by atoms with Gasteiger partial charge in [-0.1, -0.05) is 12.1 Å². The molecule has 8 heteroatoms. The van der Waals surface area contributed by atoms with Crippen LogP contribution < -0.4 is 4.72 Å². The van der Waals surface area contributed by atoms with Gasteiger partial charge in [0.2, 0.25) is 15.9 Å². The molecule has 0 aromatic heterocycles. The maximum atomic E-state index is 12.3. The second kappa shape index (κ2) is 7.76. The van der Waals surface area contributed by atoms with E-state index in [-0.39, 0.29) is 17.5 Å². The van der Waals surface area contributed by atoms with Crippen molar-refractivity contribution >= 4 is 21.9 Å². The van der Waals surface area contributed by atoms with Crippen molar-refractivity contribution in [3.8, 4) is 0 Å². The lowest BCUT2D eigenvalue weighted by Gasteiger charge is -2.32. The van der Waals surface area contributed by atoms with Gasteiger partial charge in [0.1, 0.15) is 0 Å². The number of carbonyl (C=O) groups is 2. The number of carbonyl (C=O) groups excluding carboxylic acids is 1. The second-order valence-electron chi connectivity index (χ2n) is 6.07. The molecular weight excluding hydrogens is 332 g/mol. The molecule has 1 aromatic carbocycles. The number of sulfonamides is 1. The standard InChI is InChI=1S/C16H22N2O5S/c1-24(22,23)17-14-3-2-10-18(11-14)15(19)9-6-12-4-7-13(8-5-12)16(20)21/h4-5,7-8,14,17H,2-3,6,9-11H2,1H3,(H,20,21)/t14-/m0/s1. The molecule has 132 valence electrons. The summed E-state index contributed by atoms with van der Waals surface area (Å²) < 4.78 is 25.2. The van der Waals surface area contributed by atoms with E-state index in [9.17, 15) is 18.0 Å². The Morgan fingerprint density at radius 3 is 2.54 bits per heavy atom. The van der Waals surface area contributed by atoms with Gasteiger partial charge in [-0.3, -0.25) is 4.79 Å². The summed E-state index contributed by atoms with van der Waals surface area (Å²) in [5.41, 5.74) is 1.12. The molecule has 2 N–H and O–H groups in total. The summed E-state index contributed by atoms with van der Waals surface area (Å²) >= 11 is 0. The highest BCUT2D eigenvalue weighted by Gasteiger charge is 2.25. The highest BCUT2D eigenvalue weighted by atomic mass is 32.2. The summed E-state index contributed by atoms with van der Waals surface area (Å²) in [6, 6.07) is 6.24. The Labute approximate surface area is 141 Å². The number of carboxylic acid groups (broad SMARTS) is 1. The van der Waals surface area contributed by atoms with E-state index in [2.05, 4.69) is 4.72 Å². The predicted octanol–water partition coefficient (Wildman–Crippen LogP) is 0.858. The number of hydrogen-bond acceptors (Lipinski definition) is 4. The zero-order chi connectivity index (χ0) is 17.7. The van der Waals surface area contributed by atoms with E-state index in [1.54, 1.807) is 17.0 Å². The number of rotatable bonds is 6. The van der Waals surface area contributed by atoms with Crippen molar-refractivity contribution in [1.29, 1.82) is 0 Å². The Bertz CT molecular complexity index is 700. The van der Waals surface area contributed by atoms with Crippen LogP contribution in [0.3, 0.4) is 0 Å². The Kier molecular flexibility index (Phi) is 5.95. The van der Waals surface area contributed by atoms with Gasteiger partial charge in [-0.05, 0) is 37.0 Å².